The number of carbonyl (C=O) groups is 1. The second kappa shape index (κ2) is 4.64. The fourth-order valence-corrected chi connectivity index (χ4v) is 2.18. The maximum Gasteiger partial charge on any atom is 0.223 e. The van der Waals surface area contributed by atoms with E-state index in [4.69, 9.17) is 0 Å². The Morgan fingerprint density at radius 1 is 1.44 bits per heavy atom. The Morgan fingerprint density at radius 3 is 2.67 bits per heavy atom. The van der Waals surface area contributed by atoms with E-state index >= 15 is 0 Å². The minimum atomic E-state index is -3.35. The first-order chi connectivity index (χ1) is 8.36. The minimum Gasteiger partial charge on any atom is -0.349 e. The van der Waals surface area contributed by atoms with Crippen molar-refractivity contribution in [2.75, 3.05) is 6.26 Å². The molecular formula is C11H15N3O3S. The van der Waals surface area contributed by atoms with Gasteiger partial charge in [-0.1, -0.05) is 0 Å². The monoisotopic (exact) mass is 269 g/mol. The van der Waals surface area contributed by atoms with Gasteiger partial charge in [0.2, 0.25) is 5.91 Å². The third-order valence-corrected chi connectivity index (χ3v) is 3.59. The highest BCUT2D eigenvalue weighted by Crippen LogP contribution is 2.28. The van der Waals surface area contributed by atoms with Gasteiger partial charge in [0, 0.05) is 17.9 Å². The third kappa shape index (κ3) is 3.25. The molecule has 98 valence electrons. The van der Waals surface area contributed by atoms with Gasteiger partial charge in [-0.3, -0.25) is 4.79 Å². The first-order valence-electron chi connectivity index (χ1n) is 5.68. The lowest BCUT2D eigenvalue weighted by atomic mass is 10.4. The van der Waals surface area contributed by atoms with E-state index in [0.29, 0.717) is 11.5 Å². The van der Waals surface area contributed by atoms with Crippen molar-refractivity contribution in [1.29, 1.82) is 0 Å². The van der Waals surface area contributed by atoms with Crippen LogP contribution in [0.1, 0.15) is 24.4 Å². The minimum absolute atomic E-state index is 0.00864. The van der Waals surface area contributed by atoms with Crippen molar-refractivity contribution in [3.8, 4) is 0 Å². The largest absolute Gasteiger partial charge is 0.349 e. The molecule has 0 saturated heterocycles. The summed E-state index contributed by atoms with van der Waals surface area (Å²) < 4.78 is 22.8. The predicted octanol–water partition coefficient (Wildman–Crippen LogP) is 0.215. The number of hydrogen-bond acceptors (Lipinski definition) is 5. The van der Waals surface area contributed by atoms with Crippen molar-refractivity contribution in [3.63, 3.8) is 0 Å². The molecule has 1 amide bonds. The Morgan fingerprint density at radius 2 is 2.11 bits per heavy atom. The van der Waals surface area contributed by atoms with Gasteiger partial charge >= 0.3 is 0 Å². The van der Waals surface area contributed by atoms with Gasteiger partial charge in [0.15, 0.2) is 14.9 Å². The number of aromatic nitrogens is 2. The Balaban J connectivity index is 2.12. The first kappa shape index (κ1) is 12.9. The smallest absolute Gasteiger partial charge is 0.223 e. The number of hydrogen-bond donors (Lipinski definition) is 1. The Hall–Kier alpha value is -1.50. The summed E-state index contributed by atoms with van der Waals surface area (Å²) in [5.41, 5.74) is 0.570. The average Bonchev–Trinajstić information content (AvgIpc) is 3.07. The molecule has 0 radical (unpaired) electrons. The first-order valence-corrected chi connectivity index (χ1v) is 7.58. The number of amides is 1. The van der Waals surface area contributed by atoms with Crippen molar-refractivity contribution in [2.45, 2.75) is 31.3 Å². The number of carbonyl (C=O) groups excluding carboxylic acids is 1. The summed E-state index contributed by atoms with van der Waals surface area (Å²) in [4.78, 5) is 19.5. The van der Waals surface area contributed by atoms with Gasteiger partial charge in [0.25, 0.3) is 0 Å². The van der Waals surface area contributed by atoms with E-state index in [1.165, 1.54) is 6.07 Å². The summed E-state index contributed by atoms with van der Waals surface area (Å²) in [5, 5.41) is 2.70. The zero-order chi connectivity index (χ0) is 13.3. The van der Waals surface area contributed by atoms with Crippen LogP contribution < -0.4 is 5.32 Å². The molecular weight excluding hydrogens is 254 g/mol. The van der Waals surface area contributed by atoms with Crippen molar-refractivity contribution < 1.29 is 13.2 Å². The number of rotatable bonds is 4. The molecule has 7 heteroatoms. The number of sulfone groups is 1. The maximum absolute atomic E-state index is 11.5. The fraction of sp³-hybridized carbons (Fsp3) is 0.545. The van der Waals surface area contributed by atoms with E-state index in [0.717, 1.165) is 19.1 Å². The number of nitrogens with one attached hydrogen (secondary N) is 1. The van der Waals surface area contributed by atoms with Crippen LogP contribution in [0.5, 0.6) is 0 Å². The molecule has 1 aliphatic rings. The van der Waals surface area contributed by atoms with E-state index in [1.54, 1.807) is 6.92 Å². The van der Waals surface area contributed by atoms with Crippen LogP contribution in [-0.4, -0.2) is 30.5 Å². The molecule has 1 fully saturated rings. The van der Waals surface area contributed by atoms with E-state index < -0.39 is 9.84 Å². The Bertz CT molecular complexity index is 579. The molecule has 1 heterocycles. The molecule has 1 aliphatic carbocycles. The summed E-state index contributed by atoms with van der Waals surface area (Å²) in [6.07, 6.45) is 2.95. The maximum atomic E-state index is 11.5. The van der Waals surface area contributed by atoms with Crippen molar-refractivity contribution >= 4 is 15.7 Å². The van der Waals surface area contributed by atoms with E-state index in [-0.39, 0.29) is 23.4 Å². The molecule has 6 nitrogen and oxygen atoms in total. The van der Waals surface area contributed by atoms with Crippen LogP contribution in [0.25, 0.3) is 0 Å². The second-order valence-corrected chi connectivity index (χ2v) is 6.49. The standard InChI is InChI=1S/C11H15N3O3S/c1-7-5-10(18(2,16)17)14-9(13-7)6-12-11(15)8-3-4-8/h5,8H,3-4,6H2,1-2H3,(H,12,15). The van der Waals surface area contributed by atoms with Crippen LogP contribution in [-0.2, 0) is 21.2 Å². The molecule has 1 aromatic rings. The van der Waals surface area contributed by atoms with Gasteiger partial charge in [0.1, 0.15) is 5.82 Å². The lowest BCUT2D eigenvalue weighted by molar-refractivity contribution is -0.122. The highest BCUT2D eigenvalue weighted by atomic mass is 32.2. The SMILES string of the molecule is Cc1cc(S(C)(=O)=O)nc(CNC(=O)C2CC2)n1. The lowest BCUT2D eigenvalue weighted by Gasteiger charge is -2.06. The molecule has 1 saturated carbocycles. The molecule has 18 heavy (non-hydrogen) atoms. The molecule has 2 rings (SSSR count). The Kier molecular flexibility index (Phi) is 3.34. The summed E-state index contributed by atoms with van der Waals surface area (Å²) in [6, 6.07) is 1.42. The van der Waals surface area contributed by atoms with Gasteiger partial charge in [-0.05, 0) is 25.8 Å². The van der Waals surface area contributed by atoms with E-state index in [1.807, 2.05) is 0 Å². The zero-order valence-corrected chi connectivity index (χ0v) is 11.1. The topological polar surface area (TPSA) is 89.0 Å². The van der Waals surface area contributed by atoms with Crippen LogP contribution in [0.2, 0.25) is 0 Å². The number of aryl methyl sites for hydroxylation is 1. The van der Waals surface area contributed by atoms with E-state index in [9.17, 15) is 13.2 Å². The normalized spacial score (nSPS) is 15.4. The zero-order valence-electron chi connectivity index (χ0n) is 10.3. The quantitative estimate of drug-likeness (QED) is 0.789. The summed E-state index contributed by atoms with van der Waals surface area (Å²) in [7, 11) is -3.35. The van der Waals surface area contributed by atoms with Crippen molar-refractivity contribution in [3.05, 3.63) is 17.6 Å². The van der Waals surface area contributed by atoms with Crippen LogP contribution >= 0.6 is 0 Å². The van der Waals surface area contributed by atoms with Crippen LogP contribution in [0.15, 0.2) is 11.1 Å². The van der Waals surface area contributed by atoms with Gasteiger partial charge in [-0.2, -0.15) is 0 Å². The molecule has 1 N–H and O–H groups in total. The summed E-state index contributed by atoms with van der Waals surface area (Å²) >= 11 is 0. The average molecular weight is 269 g/mol. The molecule has 0 atom stereocenters. The van der Waals surface area contributed by atoms with Gasteiger partial charge in [-0.15, -0.1) is 0 Å². The molecule has 0 aromatic carbocycles. The van der Waals surface area contributed by atoms with Gasteiger partial charge in [0.05, 0.1) is 6.54 Å². The Labute approximate surface area is 106 Å². The molecule has 0 aliphatic heterocycles. The van der Waals surface area contributed by atoms with Crippen molar-refractivity contribution in [2.24, 2.45) is 5.92 Å². The highest BCUT2D eigenvalue weighted by molar-refractivity contribution is 7.90. The molecule has 0 unspecified atom stereocenters. The van der Waals surface area contributed by atoms with Gasteiger partial charge in [-0.25, -0.2) is 18.4 Å². The van der Waals surface area contributed by atoms with Crippen molar-refractivity contribution in [1.82, 2.24) is 15.3 Å². The lowest BCUT2D eigenvalue weighted by Crippen LogP contribution is -2.25. The second-order valence-electron chi connectivity index (χ2n) is 4.53. The molecule has 0 spiro atoms. The van der Waals surface area contributed by atoms with E-state index in [2.05, 4.69) is 15.3 Å². The highest BCUT2D eigenvalue weighted by Gasteiger charge is 2.29. The van der Waals surface area contributed by atoms with Crippen LogP contribution in [0, 0.1) is 12.8 Å². The number of nitrogens with zero attached hydrogens (tertiary/aromatic N) is 2. The fourth-order valence-electron chi connectivity index (χ4n) is 1.52. The third-order valence-electron chi connectivity index (χ3n) is 2.63. The summed E-state index contributed by atoms with van der Waals surface area (Å²) in [6.45, 7) is 1.86. The van der Waals surface area contributed by atoms with Crippen LogP contribution in [0.3, 0.4) is 0 Å². The van der Waals surface area contributed by atoms with Gasteiger partial charge < -0.3 is 5.32 Å². The summed E-state index contributed by atoms with van der Waals surface area (Å²) in [5.74, 6) is 0.426. The van der Waals surface area contributed by atoms with Crippen LogP contribution in [0.4, 0.5) is 0 Å². The predicted molar refractivity (Wildman–Crippen MR) is 64.4 cm³/mol. The molecule has 1 aromatic heterocycles. The molecule has 0 bridgehead atoms.